The molecule has 3 heterocycles. The predicted molar refractivity (Wildman–Crippen MR) is 110 cm³/mol. The third-order valence-corrected chi connectivity index (χ3v) is 8.61. The van der Waals surface area contributed by atoms with Crippen LogP contribution in [0.5, 0.6) is 0 Å². The van der Waals surface area contributed by atoms with Gasteiger partial charge in [0.15, 0.2) is 5.78 Å². The largest absolute Gasteiger partial charge is 0.472 e. The first-order chi connectivity index (χ1) is 15.7. The summed E-state index contributed by atoms with van der Waals surface area (Å²) in [5.74, 6) is -2.32. The number of ether oxygens (including phenoxy) is 4. The van der Waals surface area contributed by atoms with Crippen molar-refractivity contribution in [2.45, 2.75) is 70.6 Å². The Kier molecular flexibility index (Phi) is 5.23. The fourth-order valence-electron chi connectivity index (χ4n) is 7.00. The van der Waals surface area contributed by atoms with Crippen LogP contribution in [0.2, 0.25) is 0 Å². The minimum atomic E-state index is -1.35. The molecule has 2 aliphatic heterocycles. The van der Waals surface area contributed by atoms with Gasteiger partial charge in [-0.15, -0.1) is 0 Å². The molecular formula is C24H30O9. The number of aliphatic hydroxyl groups excluding tert-OH is 1. The zero-order valence-corrected chi connectivity index (χ0v) is 19.1. The topological polar surface area (TPSA) is 125 Å². The van der Waals surface area contributed by atoms with E-state index in [0.29, 0.717) is 25.9 Å². The molecule has 180 valence electrons. The van der Waals surface area contributed by atoms with Crippen LogP contribution in [0.3, 0.4) is 0 Å². The summed E-state index contributed by atoms with van der Waals surface area (Å²) < 4.78 is 28.7. The fraction of sp³-hybridized carbons (Fsp3) is 0.708. The van der Waals surface area contributed by atoms with Crippen molar-refractivity contribution in [1.82, 2.24) is 0 Å². The summed E-state index contributed by atoms with van der Waals surface area (Å²) in [5, 5.41) is 11.3. The molecular weight excluding hydrogens is 432 g/mol. The number of aliphatic hydroxyl groups is 1. The van der Waals surface area contributed by atoms with E-state index < -0.39 is 52.8 Å². The van der Waals surface area contributed by atoms with E-state index in [1.54, 1.807) is 18.6 Å². The van der Waals surface area contributed by atoms with Gasteiger partial charge >= 0.3 is 11.9 Å². The lowest BCUT2D eigenvalue weighted by molar-refractivity contribution is -0.247. The Morgan fingerprint density at radius 1 is 1.27 bits per heavy atom. The lowest BCUT2D eigenvalue weighted by Gasteiger charge is -2.60. The van der Waals surface area contributed by atoms with Crippen LogP contribution >= 0.6 is 0 Å². The molecule has 0 unspecified atom stereocenters. The number of ketones is 1. The quantitative estimate of drug-likeness (QED) is 0.530. The number of hydrogen-bond acceptors (Lipinski definition) is 9. The number of esters is 2. The van der Waals surface area contributed by atoms with Gasteiger partial charge in [-0.3, -0.25) is 14.4 Å². The molecule has 1 N–H and O–H groups in total. The summed E-state index contributed by atoms with van der Waals surface area (Å²) in [5.41, 5.74) is -2.14. The molecule has 2 aliphatic carbocycles. The molecule has 0 bridgehead atoms. The molecule has 5 rings (SSSR count). The molecule has 2 saturated carbocycles. The molecule has 4 aliphatic rings. The van der Waals surface area contributed by atoms with Crippen molar-refractivity contribution < 1.29 is 42.9 Å². The maximum Gasteiger partial charge on any atom is 0.304 e. The van der Waals surface area contributed by atoms with Crippen molar-refractivity contribution in [1.29, 1.82) is 0 Å². The lowest BCUT2D eigenvalue weighted by Crippen LogP contribution is -2.71. The van der Waals surface area contributed by atoms with Crippen LogP contribution in [0.1, 0.15) is 58.1 Å². The summed E-state index contributed by atoms with van der Waals surface area (Å²) in [6.07, 6.45) is 2.84. The first-order valence-corrected chi connectivity index (χ1v) is 11.5. The van der Waals surface area contributed by atoms with Gasteiger partial charge in [0.2, 0.25) is 6.29 Å². The molecule has 4 fully saturated rings. The molecule has 2 saturated heterocycles. The zero-order chi connectivity index (χ0) is 23.6. The molecule has 9 nitrogen and oxygen atoms in total. The maximum absolute atomic E-state index is 13.9. The van der Waals surface area contributed by atoms with Crippen LogP contribution in [0.25, 0.3) is 0 Å². The smallest absolute Gasteiger partial charge is 0.304 e. The van der Waals surface area contributed by atoms with Crippen LogP contribution in [0.15, 0.2) is 23.0 Å². The highest BCUT2D eigenvalue weighted by atomic mass is 16.7. The van der Waals surface area contributed by atoms with Gasteiger partial charge in [-0.2, -0.15) is 0 Å². The SMILES string of the molecule is CC(=O)OC[C@]12C(=O)[C@H](O)[C@@H](C)[C@]3(C[C@@H](c4ccoc4)O[C@H]3OC(C)=O)[C@@H]1CCC[C@]21CO1. The Bertz CT molecular complexity index is 951. The van der Waals surface area contributed by atoms with E-state index in [2.05, 4.69) is 0 Å². The van der Waals surface area contributed by atoms with Gasteiger partial charge in [-0.25, -0.2) is 0 Å². The Morgan fingerprint density at radius 2 is 2.03 bits per heavy atom. The fourth-order valence-corrected chi connectivity index (χ4v) is 7.00. The normalized spacial score (nSPS) is 44.0. The summed E-state index contributed by atoms with van der Waals surface area (Å²) >= 11 is 0. The number of Topliss-reactive ketones (excluding diaryl/α,β-unsaturated/α-hetero) is 1. The average molecular weight is 462 g/mol. The van der Waals surface area contributed by atoms with Gasteiger partial charge in [0.05, 0.1) is 25.2 Å². The van der Waals surface area contributed by atoms with Crippen molar-refractivity contribution >= 4 is 17.7 Å². The van der Waals surface area contributed by atoms with Crippen LogP contribution in [-0.4, -0.2) is 54.0 Å². The predicted octanol–water partition coefficient (Wildman–Crippen LogP) is 2.31. The molecule has 1 aromatic rings. The van der Waals surface area contributed by atoms with Crippen molar-refractivity contribution in [2.24, 2.45) is 22.7 Å². The second kappa shape index (κ2) is 7.65. The summed E-state index contributed by atoms with van der Waals surface area (Å²) in [4.78, 5) is 37.8. The second-order valence-electron chi connectivity index (χ2n) is 10.0. The number of hydrogen-bond donors (Lipinski definition) is 1. The first kappa shape index (κ1) is 22.6. The summed E-state index contributed by atoms with van der Waals surface area (Å²) in [6.45, 7) is 4.60. The Morgan fingerprint density at radius 3 is 2.64 bits per heavy atom. The Hall–Kier alpha value is -2.23. The third-order valence-electron chi connectivity index (χ3n) is 8.61. The van der Waals surface area contributed by atoms with E-state index in [1.807, 2.05) is 6.92 Å². The van der Waals surface area contributed by atoms with E-state index >= 15 is 0 Å². The summed E-state index contributed by atoms with van der Waals surface area (Å²) in [7, 11) is 0. The highest BCUT2D eigenvalue weighted by molar-refractivity contribution is 5.93. The third kappa shape index (κ3) is 3.05. The number of rotatable bonds is 4. The molecule has 9 heteroatoms. The molecule has 0 amide bonds. The van der Waals surface area contributed by atoms with E-state index in [-0.39, 0.29) is 18.3 Å². The number of carbonyl (C=O) groups is 3. The van der Waals surface area contributed by atoms with Crippen LogP contribution < -0.4 is 0 Å². The molecule has 8 atom stereocenters. The minimum absolute atomic E-state index is 0.180. The van der Waals surface area contributed by atoms with Crippen LogP contribution in [0, 0.1) is 22.7 Å². The molecule has 0 aromatic carbocycles. The van der Waals surface area contributed by atoms with Gasteiger partial charge in [0.1, 0.15) is 23.7 Å². The average Bonchev–Trinajstić information content (AvgIpc) is 3.19. The highest BCUT2D eigenvalue weighted by Gasteiger charge is 2.79. The van der Waals surface area contributed by atoms with E-state index in [4.69, 9.17) is 23.4 Å². The van der Waals surface area contributed by atoms with Gasteiger partial charge in [-0.1, -0.05) is 13.3 Å². The van der Waals surface area contributed by atoms with Crippen molar-refractivity contribution in [3.63, 3.8) is 0 Å². The number of fused-ring (bicyclic) bond motifs is 3. The highest BCUT2D eigenvalue weighted by Crippen LogP contribution is 2.71. The maximum atomic E-state index is 13.9. The van der Waals surface area contributed by atoms with Gasteiger partial charge in [-0.05, 0) is 31.2 Å². The minimum Gasteiger partial charge on any atom is -0.472 e. The van der Waals surface area contributed by atoms with Crippen LogP contribution in [0.4, 0.5) is 0 Å². The first-order valence-electron chi connectivity index (χ1n) is 11.5. The number of epoxide rings is 1. The molecule has 2 spiro atoms. The van der Waals surface area contributed by atoms with Crippen molar-refractivity contribution in [3.05, 3.63) is 24.2 Å². The molecule has 33 heavy (non-hydrogen) atoms. The second-order valence-corrected chi connectivity index (χ2v) is 10.0. The monoisotopic (exact) mass is 462 g/mol. The van der Waals surface area contributed by atoms with Crippen molar-refractivity contribution in [3.8, 4) is 0 Å². The van der Waals surface area contributed by atoms with Gasteiger partial charge < -0.3 is 28.5 Å². The van der Waals surface area contributed by atoms with Gasteiger partial charge in [0, 0.05) is 30.7 Å². The van der Waals surface area contributed by atoms with E-state index in [1.165, 1.54) is 13.8 Å². The lowest BCUT2D eigenvalue weighted by atomic mass is 9.42. The Balaban J connectivity index is 1.66. The van der Waals surface area contributed by atoms with Crippen molar-refractivity contribution in [2.75, 3.05) is 13.2 Å². The molecule has 1 aromatic heterocycles. The van der Waals surface area contributed by atoms with E-state index in [9.17, 15) is 19.5 Å². The Labute approximate surface area is 191 Å². The van der Waals surface area contributed by atoms with Gasteiger partial charge in [0.25, 0.3) is 0 Å². The zero-order valence-electron chi connectivity index (χ0n) is 19.1. The number of furan rings is 1. The molecule has 0 radical (unpaired) electrons. The van der Waals surface area contributed by atoms with E-state index in [0.717, 1.165) is 12.0 Å². The standard InChI is InChI=1S/C24H30O9/c1-13-19(27)20(28)24(12-30-14(2)25)18(5-4-7-22(24)11-31-22)23(13)9-17(16-6-8-29-10-16)33-21(23)32-15(3)26/h6,8,10,13,17-19,21,27H,4-5,7,9,11-12H2,1-3H3/t13-,17+,18+,19-,21-,22+,23-,24-/m1/s1. The summed E-state index contributed by atoms with van der Waals surface area (Å²) in [6, 6.07) is 1.79. The van der Waals surface area contributed by atoms with Crippen LogP contribution in [-0.2, 0) is 33.3 Å². The number of carbonyl (C=O) groups excluding carboxylic acids is 3.